The summed E-state index contributed by atoms with van der Waals surface area (Å²) in [6.45, 7) is 1.57. The molecular weight excluding hydrogens is 223 g/mol. The van der Waals surface area contributed by atoms with Crippen LogP contribution in [-0.2, 0) is 9.53 Å². The van der Waals surface area contributed by atoms with Crippen LogP contribution in [0.15, 0.2) is 0 Å². The summed E-state index contributed by atoms with van der Waals surface area (Å²) in [4.78, 5) is 10.8. The lowest BCUT2D eigenvalue weighted by Gasteiger charge is -2.10. The maximum Gasteiger partial charge on any atom is 0.522 e. The Morgan fingerprint density at radius 2 is 2.07 bits per heavy atom. The Morgan fingerprint density at radius 1 is 1.50 bits per heavy atom. The summed E-state index contributed by atoms with van der Waals surface area (Å²) in [5, 5.41) is 1.58. The van der Waals surface area contributed by atoms with E-state index in [1.807, 2.05) is 0 Å². The first-order valence-electron chi connectivity index (χ1n) is 3.97. The standard InChI is InChI=1S/C7H10F3NO2.ClH/c1-4(12)6-2-5(3-11-6)13-7(8,9)10;/h5-6,11H,2-3H2,1H3;1H/t5-,6-;/m0./s1. The van der Waals surface area contributed by atoms with Gasteiger partial charge in [0.15, 0.2) is 5.78 Å². The number of carbonyl (C=O) groups excluding carboxylic acids is 1. The van der Waals surface area contributed by atoms with Crippen molar-refractivity contribution >= 4 is 5.78 Å². The van der Waals surface area contributed by atoms with Crippen LogP contribution in [0.25, 0.3) is 0 Å². The van der Waals surface area contributed by atoms with Crippen LogP contribution in [-0.4, -0.2) is 30.8 Å². The van der Waals surface area contributed by atoms with E-state index in [-0.39, 0.29) is 37.2 Å². The van der Waals surface area contributed by atoms with Crippen LogP contribution in [0.5, 0.6) is 0 Å². The Hall–Kier alpha value is -0.330. The lowest BCUT2D eigenvalue weighted by Crippen LogP contribution is -3.00. The summed E-state index contributed by atoms with van der Waals surface area (Å²) in [7, 11) is 0. The van der Waals surface area contributed by atoms with Crippen LogP contribution < -0.4 is 17.7 Å². The average Bonchev–Trinajstić information content (AvgIpc) is 2.31. The van der Waals surface area contributed by atoms with Gasteiger partial charge in [-0.2, -0.15) is 0 Å². The van der Waals surface area contributed by atoms with E-state index in [2.05, 4.69) is 4.74 Å². The molecular formula is C7H11ClF3NO2. The van der Waals surface area contributed by atoms with Gasteiger partial charge in [-0.05, 0) is 0 Å². The fourth-order valence-electron chi connectivity index (χ4n) is 1.41. The molecule has 14 heavy (non-hydrogen) atoms. The molecule has 0 radical (unpaired) electrons. The topological polar surface area (TPSA) is 42.9 Å². The van der Waals surface area contributed by atoms with Gasteiger partial charge in [0.25, 0.3) is 0 Å². The molecule has 2 N–H and O–H groups in total. The number of halogens is 4. The second-order valence-corrected chi connectivity index (χ2v) is 3.11. The van der Waals surface area contributed by atoms with Gasteiger partial charge < -0.3 is 17.7 Å². The van der Waals surface area contributed by atoms with Crippen LogP contribution in [0, 0.1) is 0 Å². The van der Waals surface area contributed by atoms with Gasteiger partial charge in [0.05, 0.1) is 0 Å². The first kappa shape index (κ1) is 13.7. The van der Waals surface area contributed by atoms with Gasteiger partial charge in [-0.3, -0.25) is 9.53 Å². The Bertz CT molecular complexity index is 210. The van der Waals surface area contributed by atoms with Crippen molar-refractivity contribution in [1.29, 1.82) is 0 Å². The molecule has 0 spiro atoms. The number of Topliss-reactive ketones (excluding diaryl/α,β-unsaturated/α-hetero) is 1. The van der Waals surface area contributed by atoms with E-state index in [9.17, 15) is 18.0 Å². The summed E-state index contributed by atoms with van der Waals surface area (Å²) in [6, 6.07) is -0.368. The number of alkyl halides is 3. The summed E-state index contributed by atoms with van der Waals surface area (Å²) in [5.41, 5.74) is 0. The number of nitrogens with two attached hydrogens (primary N) is 1. The molecule has 1 fully saturated rings. The van der Waals surface area contributed by atoms with E-state index < -0.39 is 12.5 Å². The van der Waals surface area contributed by atoms with Crippen molar-refractivity contribution in [3.63, 3.8) is 0 Å². The van der Waals surface area contributed by atoms with Gasteiger partial charge in [0.2, 0.25) is 0 Å². The number of ether oxygens (including phenoxy) is 1. The summed E-state index contributed by atoms with van der Waals surface area (Å²) >= 11 is 0. The molecule has 84 valence electrons. The van der Waals surface area contributed by atoms with Gasteiger partial charge in [0, 0.05) is 13.3 Å². The summed E-state index contributed by atoms with van der Waals surface area (Å²) in [5.74, 6) is -0.103. The van der Waals surface area contributed by atoms with Crippen molar-refractivity contribution in [3.05, 3.63) is 0 Å². The molecule has 0 amide bonds. The molecule has 0 saturated carbocycles. The molecule has 0 aromatic carbocycles. The molecule has 0 bridgehead atoms. The Balaban J connectivity index is 0.00000169. The minimum Gasteiger partial charge on any atom is -1.00 e. The van der Waals surface area contributed by atoms with E-state index in [0.717, 1.165) is 0 Å². The van der Waals surface area contributed by atoms with Crippen molar-refractivity contribution in [3.8, 4) is 0 Å². The van der Waals surface area contributed by atoms with Crippen LogP contribution in [0.2, 0.25) is 0 Å². The van der Waals surface area contributed by atoms with Crippen LogP contribution in [0.1, 0.15) is 13.3 Å². The zero-order valence-corrected chi connectivity index (χ0v) is 8.23. The van der Waals surface area contributed by atoms with Gasteiger partial charge >= 0.3 is 6.36 Å². The molecule has 1 aliphatic heterocycles. The van der Waals surface area contributed by atoms with E-state index in [0.29, 0.717) is 0 Å². The third-order valence-corrected chi connectivity index (χ3v) is 2.02. The number of carbonyl (C=O) groups is 1. The predicted octanol–water partition coefficient (Wildman–Crippen LogP) is -3.18. The molecule has 1 heterocycles. The fraction of sp³-hybridized carbons (Fsp3) is 0.857. The molecule has 2 atom stereocenters. The summed E-state index contributed by atoms with van der Waals surface area (Å²) < 4.78 is 38.9. The van der Waals surface area contributed by atoms with Crippen molar-refractivity contribution in [2.24, 2.45) is 0 Å². The Morgan fingerprint density at radius 3 is 2.43 bits per heavy atom. The molecule has 0 aliphatic carbocycles. The lowest BCUT2D eigenvalue weighted by atomic mass is 10.1. The molecule has 0 aromatic rings. The van der Waals surface area contributed by atoms with Gasteiger partial charge in [-0.1, -0.05) is 0 Å². The van der Waals surface area contributed by atoms with Crippen LogP contribution in [0.4, 0.5) is 13.2 Å². The van der Waals surface area contributed by atoms with Gasteiger partial charge in [-0.15, -0.1) is 13.2 Å². The second kappa shape index (κ2) is 4.95. The lowest BCUT2D eigenvalue weighted by molar-refractivity contribution is -0.660. The summed E-state index contributed by atoms with van der Waals surface area (Å²) in [6.07, 6.45) is -5.33. The first-order valence-corrected chi connectivity index (χ1v) is 3.97. The number of quaternary nitrogens is 1. The molecule has 1 aliphatic rings. The maximum atomic E-state index is 11.7. The third kappa shape index (κ3) is 4.26. The molecule has 1 saturated heterocycles. The van der Waals surface area contributed by atoms with Crippen LogP contribution in [0.3, 0.4) is 0 Å². The average molecular weight is 234 g/mol. The molecule has 7 heteroatoms. The fourth-order valence-corrected chi connectivity index (χ4v) is 1.41. The smallest absolute Gasteiger partial charge is 0.522 e. The van der Waals surface area contributed by atoms with E-state index in [1.165, 1.54) is 6.92 Å². The van der Waals surface area contributed by atoms with Gasteiger partial charge in [0.1, 0.15) is 18.7 Å². The minimum atomic E-state index is -4.59. The van der Waals surface area contributed by atoms with E-state index >= 15 is 0 Å². The number of ketones is 1. The third-order valence-electron chi connectivity index (χ3n) is 2.02. The van der Waals surface area contributed by atoms with Crippen molar-refractivity contribution < 1.29 is 40.4 Å². The highest BCUT2D eigenvalue weighted by Gasteiger charge is 2.40. The highest BCUT2D eigenvalue weighted by atomic mass is 35.5. The van der Waals surface area contributed by atoms with E-state index in [1.54, 1.807) is 5.32 Å². The van der Waals surface area contributed by atoms with E-state index in [4.69, 9.17) is 0 Å². The van der Waals surface area contributed by atoms with Gasteiger partial charge in [-0.25, -0.2) is 0 Å². The SMILES string of the molecule is CC(=O)[C@@H]1C[C@H](OC(F)(F)F)C[NH2+]1.[Cl-]. The zero-order chi connectivity index (χ0) is 10.1. The predicted molar refractivity (Wildman–Crippen MR) is 36.8 cm³/mol. The molecule has 0 unspecified atom stereocenters. The quantitative estimate of drug-likeness (QED) is 0.547. The largest absolute Gasteiger partial charge is 1.00 e. The molecule has 0 aromatic heterocycles. The monoisotopic (exact) mass is 233 g/mol. The second-order valence-electron chi connectivity index (χ2n) is 3.11. The zero-order valence-electron chi connectivity index (χ0n) is 7.47. The normalized spacial score (nSPS) is 27.1. The Kier molecular flexibility index (Phi) is 4.83. The number of hydrogen-bond acceptors (Lipinski definition) is 2. The Labute approximate surface area is 85.4 Å². The number of rotatable bonds is 2. The van der Waals surface area contributed by atoms with Crippen molar-refractivity contribution in [2.45, 2.75) is 31.9 Å². The maximum absolute atomic E-state index is 11.7. The van der Waals surface area contributed by atoms with Crippen LogP contribution >= 0.6 is 0 Å². The highest BCUT2D eigenvalue weighted by Crippen LogP contribution is 2.21. The highest BCUT2D eigenvalue weighted by molar-refractivity contribution is 5.80. The molecule has 3 nitrogen and oxygen atoms in total. The molecule has 1 rings (SSSR count). The van der Waals surface area contributed by atoms with Crippen molar-refractivity contribution in [2.75, 3.05) is 6.54 Å². The first-order chi connectivity index (χ1) is 5.88. The minimum absolute atomic E-state index is 0. The van der Waals surface area contributed by atoms with Crippen molar-refractivity contribution in [1.82, 2.24) is 0 Å². The number of hydrogen-bond donors (Lipinski definition) is 1.